The smallest absolute Gasteiger partial charge is 0.305 e. The topological polar surface area (TPSA) is 95.9 Å². The van der Waals surface area contributed by atoms with Crippen molar-refractivity contribution in [2.75, 3.05) is 13.2 Å². The molecule has 60 heavy (non-hydrogen) atoms. The first-order chi connectivity index (χ1) is 29.5. The lowest BCUT2D eigenvalue weighted by Crippen LogP contribution is -2.45. The predicted octanol–water partition coefficient (Wildman–Crippen LogP) is 15.7. The van der Waals surface area contributed by atoms with Crippen molar-refractivity contribution in [3.05, 3.63) is 36.5 Å². The highest BCUT2D eigenvalue weighted by Crippen LogP contribution is 2.16. The molecule has 352 valence electrons. The van der Waals surface area contributed by atoms with Crippen LogP contribution in [0.25, 0.3) is 0 Å². The zero-order chi connectivity index (χ0) is 43.7. The molecule has 0 heterocycles. The third-order valence-electron chi connectivity index (χ3n) is 11.9. The number of hydrogen-bond donors (Lipinski definition) is 3. The Morgan fingerprint density at radius 2 is 0.850 bits per heavy atom. The second-order valence-electron chi connectivity index (χ2n) is 17.8. The maximum Gasteiger partial charge on any atom is 0.305 e. The summed E-state index contributed by atoms with van der Waals surface area (Å²) in [5, 5.41) is 23.2. The molecule has 6 heteroatoms. The molecule has 0 saturated heterocycles. The first kappa shape index (κ1) is 58.1. The molecule has 0 spiro atoms. The quantitative estimate of drug-likeness (QED) is 0.0322. The maximum atomic E-state index is 12.4. The number of hydrogen-bond acceptors (Lipinski definition) is 5. The number of carbonyl (C=O) groups is 2. The van der Waals surface area contributed by atoms with Crippen LogP contribution in [-0.2, 0) is 14.3 Å². The molecular weight excluding hydrogens is 743 g/mol. The van der Waals surface area contributed by atoms with Gasteiger partial charge in [-0.2, -0.15) is 0 Å². The molecule has 0 aromatic rings. The van der Waals surface area contributed by atoms with E-state index in [9.17, 15) is 19.8 Å². The third kappa shape index (κ3) is 45.6. The molecule has 0 aromatic carbocycles. The van der Waals surface area contributed by atoms with E-state index in [1.807, 2.05) is 0 Å². The average molecular weight is 844 g/mol. The largest absolute Gasteiger partial charge is 0.466 e. The molecule has 2 unspecified atom stereocenters. The summed E-state index contributed by atoms with van der Waals surface area (Å²) in [6.45, 7) is 4.87. The maximum absolute atomic E-state index is 12.4. The van der Waals surface area contributed by atoms with Crippen molar-refractivity contribution >= 4 is 11.9 Å². The zero-order valence-electron chi connectivity index (χ0n) is 39.9. The molecule has 0 saturated carbocycles. The number of amides is 1. The Hall–Kier alpha value is -1.92. The lowest BCUT2D eigenvalue weighted by molar-refractivity contribution is -0.143. The van der Waals surface area contributed by atoms with Crippen LogP contribution >= 0.6 is 0 Å². The van der Waals surface area contributed by atoms with E-state index < -0.39 is 12.1 Å². The van der Waals surface area contributed by atoms with E-state index in [2.05, 4.69) is 55.6 Å². The summed E-state index contributed by atoms with van der Waals surface area (Å²) < 4.78 is 5.45. The minimum Gasteiger partial charge on any atom is -0.466 e. The molecule has 0 aliphatic rings. The Kier molecular flexibility index (Phi) is 48.1. The number of esters is 1. The summed E-state index contributed by atoms with van der Waals surface area (Å²) in [6, 6.07) is -0.550. The van der Waals surface area contributed by atoms with Gasteiger partial charge in [0.05, 0.1) is 25.4 Å². The second-order valence-corrected chi connectivity index (χ2v) is 17.8. The van der Waals surface area contributed by atoms with Gasteiger partial charge in [-0.3, -0.25) is 9.59 Å². The number of unbranched alkanes of at least 4 members (excludes halogenated alkanes) is 31. The van der Waals surface area contributed by atoms with Gasteiger partial charge in [0.1, 0.15) is 0 Å². The van der Waals surface area contributed by atoms with Crippen molar-refractivity contribution in [2.24, 2.45) is 0 Å². The summed E-state index contributed by atoms with van der Waals surface area (Å²) in [5.41, 5.74) is 0. The predicted molar refractivity (Wildman–Crippen MR) is 259 cm³/mol. The van der Waals surface area contributed by atoms with Gasteiger partial charge < -0.3 is 20.3 Å². The van der Waals surface area contributed by atoms with E-state index in [-0.39, 0.29) is 18.5 Å². The molecule has 3 N–H and O–H groups in total. The van der Waals surface area contributed by atoms with Crippen LogP contribution in [0.15, 0.2) is 36.5 Å². The van der Waals surface area contributed by atoms with Crippen LogP contribution in [0.1, 0.15) is 271 Å². The Morgan fingerprint density at radius 1 is 0.467 bits per heavy atom. The van der Waals surface area contributed by atoms with Crippen LogP contribution in [0.2, 0.25) is 0 Å². The normalized spacial score (nSPS) is 12.9. The molecule has 0 aliphatic heterocycles. The van der Waals surface area contributed by atoms with Gasteiger partial charge >= 0.3 is 5.97 Å². The third-order valence-corrected chi connectivity index (χ3v) is 11.9. The van der Waals surface area contributed by atoms with Crippen LogP contribution in [0.5, 0.6) is 0 Å². The van der Waals surface area contributed by atoms with E-state index in [1.54, 1.807) is 0 Å². The Balaban J connectivity index is 3.47. The van der Waals surface area contributed by atoms with Crippen molar-refractivity contribution in [1.82, 2.24) is 5.32 Å². The Morgan fingerprint density at radius 3 is 1.33 bits per heavy atom. The van der Waals surface area contributed by atoms with Gasteiger partial charge in [-0.05, 0) is 77.0 Å². The van der Waals surface area contributed by atoms with E-state index >= 15 is 0 Å². The number of allylic oxidation sites excluding steroid dienone is 6. The van der Waals surface area contributed by atoms with Crippen molar-refractivity contribution in [3.63, 3.8) is 0 Å². The minimum absolute atomic E-state index is 0.0170. The van der Waals surface area contributed by atoms with Crippen LogP contribution in [0, 0.1) is 0 Å². The lowest BCUT2D eigenvalue weighted by Gasteiger charge is -2.22. The highest BCUT2D eigenvalue weighted by Gasteiger charge is 2.20. The Labute approximate surface area is 373 Å². The van der Waals surface area contributed by atoms with E-state index in [1.165, 1.54) is 173 Å². The van der Waals surface area contributed by atoms with Crippen molar-refractivity contribution in [3.8, 4) is 0 Å². The minimum atomic E-state index is -0.671. The fraction of sp³-hybridized carbons (Fsp3) is 0.852. The number of aliphatic hydroxyl groups excluding tert-OH is 2. The highest BCUT2D eigenvalue weighted by molar-refractivity contribution is 5.76. The monoisotopic (exact) mass is 844 g/mol. The van der Waals surface area contributed by atoms with Gasteiger partial charge in [-0.1, -0.05) is 217 Å². The van der Waals surface area contributed by atoms with Crippen molar-refractivity contribution in [1.29, 1.82) is 0 Å². The molecule has 1 amide bonds. The fourth-order valence-electron chi connectivity index (χ4n) is 7.83. The molecule has 2 atom stereocenters. The number of aliphatic hydroxyl groups is 2. The van der Waals surface area contributed by atoms with Crippen LogP contribution < -0.4 is 5.32 Å². The summed E-state index contributed by atoms with van der Waals surface area (Å²) in [7, 11) is 0. The molecule has 0 rings (SSSR count). The molecule has 0 radical (unpaired) electrons. The molecular formula is C54H101NO5. The number of ether oxygens (including phenoxy) is 1. The van der Waals surface area contributed by atoms with Crippen molar-refractivity contribution in [2.45, 2.75) is 283 Å². The van der Waals surface area contributed by atoms with Gasteiger partial charge in [-0.25, -0.2) is 0 Å². The summed E-state index contributed by atoms with van der Waals surface area (Å²) in [4.78, 5) is 24.4. The SMILES string of the molecule is CCCC/C=C\C/C=C\CCCCCCCC(=O)OCCCCCCCC/C=C\CCCCCCCCCC(=O)NC(CO)C(O)CCCCCCCCCCCCCC. The molecule has 0 aliphatic carbocycles. The number of carbonyl (C=O) groups excluding carboxylic acids is 2. The van der Waals surface area contributed by atoms with Gasteiger partial charge in [0, 0.05) is 12.8 Å². The summed E-state index contributed by atoms with van der Waals surface area (Å²) in [6.07, 6.45) is 59.7. The highest BCUT2D eigenvalue weighted by atomic mass is 16.5. The lowest BCUT2D eigenvalue weighted by atomic mass is 10.0. The van der Waals surface area contributed by atoms with Gasteiger partial charge in [0.25, 0.3) is 0 Å². The number of nitrogens with one attached hydrogen (secondary N) is 1. The molecule has 6 nitrogen and oxygen atoms in total. The van der Waals surface area contributed by atoms with Crippen LogP contribution in [0.4, 0.5) is 0 Å². The number of rotatable bonds is 48. The van der Waals surface area contributed by atoms with Crippen LogP contribution in [-0.4, -0.2) is 47.4 Å². The summed E-state index contributed by atoms with van der Waals surface area (Å²) >= 11 is 0. The van der Waals surface area contributed by atoms with Gasteiger partial charge in [-0.15, -0.1) is 0 Å². The second kappa shape index (κ2) is 49.7. The molecule has 0 aromatic heterocycles. The van der Waals surface area contributed by atoms with Crippen molar-refractivity contribution < 1.29 is 24.5 Å². The van der Waals surface area contributed by atoms with E-state index in [0.29, 0.717) is 25.9 Å². The first-order valence-electron chi connectivity index (χ1n) is 26.2. The van der Waals surface area contributed by atoms with Gasteiger partial charge in [0.2, 0.25) is 5.91 Å². The van der Waals surface area contributed by atoms with E-state index in [0.717, 1.165) is 64.2 Å². The molecule has 0 bridgehead atoms. The Bertz CT molecular complexity index is 977. The fourth-order valence-corrected chi connectivity index (χ4v) is 7.83. The van der Waals surface area contributed by atoms with E-state index in [4.69, 9.17) is 4.74 Å². The van der Waals surface area contributed by atoms with Crippen LogP contribution in [0.3, 0.4) is 0 Å². The van der Waals surface area contributed by atoms with Gasteiger partial charge in [0.15, 0.2) is 0 Å². The standard InChI is InChI=1S/C54H101NO5/c1-3-5-7-9-11-13-15-17-24-28-32-36-40-44-48-54(59)60-49-45-41-37-33-29-25-22-20-18-19-21-23-27-31-35-39-43-47-53(58)55-51(50-56)52(57)46-42-38-34-30-26-16-14-12-10-8-6-4-2/h9,11,15,17-18,20,51-52,56-57H,3-8,10,12-14,16,19,21-50H2,1-2H3,(H,55,58)/b11-9-,17-15-,20-18-. The first-order valence-corrected chi connectivity index (χ1v) is 26.2. The zero-order valence-corrected chi connectivity index (χ0v) is 39.9. The summed E-state index contributed by atoms with van der Waals surface area (Å²) in [5.74, 6) is -0.0658. The molecule has 0 fully saturated rings. The average Bonchev–Trinajstić information content (AvgIpc) is 3.25.